The van der Waals surface area contributed by atoms with E-state index in [1.54, 1.807) is 6.07 Å². The molecule has 0 amide bonds. The van der Waals surface area contributed by atoms with Gasteiger partial charge >= 0.3 is 6.18 Å². The molecule has 4 aliphatic rings. The molecule has 0 aromatic heterocycles. The molecule has 0 saturated carbocycles. The van der Waals surface area contributed by atoms with Crippen molar-refractivity contribution in [3.8, 4) is 0 Å². The molecular formula is C32H37F4N3O. The summed E-state index contributed by atoms with van der Waals surface area (Å²) >= 11 is 0. The summed E-state index contributed by atoms with van der Waals surface area (Å²) in [6, 6.07) is 11.2. The van der Waals surface area contributed by atoms with E-state index < -0.39 is 11.7 Å². The quantitative estimate of drug-likeness (QED) is 0.382. The summed E-state index contributed by atoms with van der Waals surface area (Å²) in [6.45, 7) is 3.59. The fourth-order valence-electron chi connectivity index (χ4n) is 6.85. The molecule has 4 nitrogen and oxygen atoms in total. The highest BCUT2D eigenvalue weighted by Gasteiger charge is 2.45. The van der Waals surface area contributed by atoms with Crippen LogP contribution in [-0.4, -0.2) is 49.3 Å². The Bertz CT molecular complexity index is 1230. The van der Waals surface area contributed by atoms with Crippen molar-refractivity contribution in [3.63, 3.8) is 0 Å². The van der Waals surface area contributed by atoms with Crippen LogP contribution in [0.3, 0.4) is 0 Å². The number of likely N-dealkylation sites (tertiary alicyclic amines) is 1. The fourth-order valence-corrected chi connectivity index (χ4v) is 6.85. The van der Waals surface area contributed by atoms with Crippen LogP contribution in [0.25, 0.3) is 0 Å². The molecule has 6 atom stereocenters. The van der Waals surface area contributed by atoms with Gasteiger partial charge < -0.3 is 20.3 Å². The average molecular weight is 556 g/mol. The van der Waals surface area contributed by atoms with Crippen molar-refractivity contribution in [2.45, 2.75) is 62.6 Å². The van der Waals surface area contributed by atoms with Crippen LogP contribution in [0.15, 0.2) is 66.8 Å². The highest BCUT2D eigenvalue weighted by molar-refractivity contribution is 5.58. The SMILES string of the molecule is Fc1ccc(CCN2CC[C@H](NC[C@H]3CC[C@@H]4[C@H](O3)c3cc(C(F)(F)F)ccc3N[C@H]4C3C=CC=CC3)C2)cc1. The van der Waals surface area contributed by atoms with Crippen LogP contribution in [0.5, 0.6) is 0 Å². The number of anilines is 1. The molecule has 2 fully saturated rings. The molecule has 3 aliphatic heterocycles. The molecule has 2 aromatic rings. The summed E-state index contributed by atoms with van der Waals surface area (Å²) in [6.07, 6.45) is 8.33. The first kappa shape index (κ1) is 27.5. The van der Waals surface area contributed by atoms with Gasteiger partial charge in [-0.3, -0.25) is 0 Å². The molecule has 2 N–H and O–H groups in total. The second-order valence-corrected chi connectivity index (χ2v) is 11.7. The number of hydrogen-bond donors (Lipinski definition) is 2. The Kier molecular flexibility index (Phi) is 8.02. The number of alkyl halides is 3. The van der Waals surface area contributed by atoms with Gasteiger partial charge in [0.05, 0.1) is 17.8 Å². The highest BCUT2D eigenvalue weighted by Crippen LogP contribution is 2.49. The lowest BCUT2D eigenvalue weighted by molar-refractivity contribution is -0.138. The number of allylic oxidation sites excluding steroid dienone is 3. The molecule has 0 bridgehead atoms. The van der Waals surface area contributed by atoms with Gasteiger partial charge in [0.15, 0.2) is 0 Å². The van der Waals surface area contributed by atoms with Crippen LogP contribution in [-0.2, 0) is 17.3 Å². The second-order valence-electron chi connectivity index (χ2n) is 11.7. The molecule has 2 aromatic carbocycles. The zero-order valence-corrected chi connectivity index (χ0v) is 22.5. The number of nitrogens with zero attached hydrogens (tertiary/aromatic N) is 1. The summed E-state index contributed by atoms with van der Waals surface area (Å²) < 4.78 is 60.7. The zero-order chi connectivity index (χ0) is 27.7. The van der Waals surface area contributed by atoms with Crippen LogP contribution < -0.4 is 10.6 Å². The monoisotopic (exact) mass is 555 g/mol. The molecule has 2 saturated heterocycles. The van der Waals surface area contributed by atoms with E-state index in [9.17, 15) is 17.6 Å². The molecular weight excluding hydrogens is 518 g/mol. The molecule has 1 unspecified atom stereocenters. The zero-order valence-electron chi connectivity index (χ0n) is 22.5. The Labute approximate surface area is 233 Å². The Morgan fingerprint density at radius 2 is 1.88 bits per heavy atom. The lowest BCUT2D eigenvalue weighted by Gasteiger charge is -2.48. The molecule has 1 aliphatic carbocycles. The minimum absolute atomic E-state index is 0.0440. The minimum Gasteiger partial charge on any atom is -0.381 e. The lowest BCUT2D eigenvalue weighted by Crippen LogP contribution is -2.49. The number of hydrogen-bond acceptors (Lipinski definition) is 4. The molecule has 3 heterocycles. The van der Waals surface area contributed by atoms with Crippen molar-refractivity contribution >= 4 is 5.69 Å². The van der Waals surface area contributed by atoms with E-state index in [2.05, 4.69) is 33.8 Å². The van der Waals surface area contributed by atoms with Crippen LogP contribution >= 0.6 is 0 Å². The Morgan fingerprint density at radius 1 is 1.02 bits per heavy atom. The van der Waals surface area contributed by atoms with Crippen LogP contribution in [0, 0.1) is 17.7 Å². The molecule has 214 valence electrons. The van der Waals surface area contributed by atoms with E-state index in [0.717, 1.165) is 63.0 Å². The van der Waals surface area contributed by atoms with Crippen molar-refractivity contribution < 1.29 is 22.3 Å². The van der Waals surface area contributed by atoms with Gasteiger partial charge in [-0.05, 0) is 74.5 Å². The fraction of sp³-hybridized carbons (Fsp3) is 0.500. The first-order valence-electron chi connectivity index (χ1n) is 14.5. The summed E-state index contributed by atoms with van der Waals surface area (Å²) in [4.78, 5) is 2.43. The van der Waals surface area contributed by atoms with Gasteiger partial charge in [0.2, 0.25) is 0 Å². The van der Waals surface area contributed by atoms with E-state index in [1.165, 1.54) is 24.3 Å². The predicted octanol–water partition coefficient (Wildman–Crippen LogP) is 6.51. The maximum absolute atomic E-state index is 13.6. The second kappa shape index (κ2) is 11.7. The predicted molar refractivity (Wildman–Crippen MR) is 149 cm³/mol. The van der Waals surface area contributed by atoms with E-state index >= 15 is 0 Å². The molecule has 8 heteroatoms. The first-order valence-corrected chi connectivity index (χ1v) is 14.5. The van der Waals surface area contributed by atoms with Crippen molar-refractivity contribution in [3.05, 3.63) is 89.3 Å². The first-order chi connectivity index (χ1) is 19.3. The Morgan fingerprint density at radius 3 is 2.65 bits per heavy atom. The normalized spacial score (nSPS) is 30.1. The maximum atomic E-state index is 13.6. The minimum atomic E-state index is -4.39. The largest absolute Gasteiger partial charge is 0.416 e. The number of fused-ring (bicyclic) bond motifs is 3. The lowest BCUT2D eigenvalue weighted by atomic mass is 9.73. The van der Waals surface area contributed by atoms with Crippen LogP contribution in [0.2, 0.25) is 0 Å². The van der Waals surface area contributed by atoms with E-state index in [1.807, 2.05) is 18.2 Å². The van der Waals surface area contributed by atoms with Crippen molar-refractivity contribution in [1.29, 1.82) is 0 Å². The van der Waals surface area contributed by atoms with Gasteiger partial charge in [-0.25, -0.2) is 4.39 Å². The highest BCUT2D eigenvalue weighted by atomic mass is 19.4. The van der Waals surface area contributed by atoms with Crippen LogP contribution in [0.1, 0.15) is 48.5 Å². The number of benzene rings is 2. The molecule has 0 spiro atoms. The Hall–Kier alpha value is -2.68. The van der Waals surface area contributed by atoms with Gasteiger partial charge in [-0.15, -0.1) is 0 Å². The number of halogens is 4. The summed E-state index contributed by atoms with van der Waals surface area (Å²) in [5.74, 6) is 0.185. The topological polar surface area (TPSA) is 36.5 Å². The van der Waals surface area contributed by atoms with Gasteiger partial charge in [0.25, 0.3) is 0 Å². The summed E-state index contributed by atoms with van der Waals surface area (Å²) in [7, 11) is 0. The standard InChI is InChI=1S/C32H37F4N3O/c33-24-9-6-21(7-10-24)14-16-39-17-15-25(20-39)37-19-26-11-12-27-30(22-4-2-1-3-5-22)38-29-13-8-23(32(34,35)36)18-28(29)31(27)40-26/h1-4,6-10,13,18,22,25-27,30-31,37-38H,5,11-12,14-17,19-20H2/t22?,25-,26+,27-,30-,31-/m0/s1. The van der Waals surface area contributed by atoms with Crippen LogP contribution in [0.4, 0.5) is 23.2 Å². The number of ether oxygens (including phenoxy) is 1. The van der Waals surface area contributed by atoms with Gasteiger partial charge in [-0.2, -0.15) is 13.2 Å². The Balaban J connectivity index is 1.09. The smallest absolute Gasteiger partial charge is 0.381 e. The number of rotatable bonds is 7. The average Bonchev–Trinajstić information content (AvgIpc) is 3.43. The third-order valence-corrected chi connectivity index (χ3v) is 9.03. The van der Waals surface area contributed by atoms with Crippen molar-refractivity contribution in [2.75, 3.05) is 31.5 Å². The third kappa shape index (κ3) is 6.14. The van der Waals surface area contributed by atoms with E-state index in [0.29, 0.717) is 18.2 Å². The van der Waals surface area contributed by atoms with E-state index in [-0.39, 0.29) is 35.9 Å². The third-order valence-electron chi connectivity index (χ3n) is 9.03. The summed E-state index contributed by atoms with van der Waals surface area (Å²) in [5, 5.41) is 7.28. The summed E-state index contributed by atoms with van der Waals surface area (Å²) in [5.41, 5.74) is 1.89. The van der Waals surface area contributed by atoms with E-state index in [4.69, 9.17) is 4.74 Å². The van der Waals surface area contributed by atoms with Gasteiger partial charge in [-0.1, -0.05) is 36.4 Å². The maximum Gasteiger partial charge on any atom is 0.416 e. The van der Waals surface area contributed by atoms with Crippen molar-refractivity contribution in [1.82, 2.24) is 10.2 Å². The number of nitrogens with one attached hydrogen (secondary N) is 2. The van der Waals surface area contributed by atoms with Gasteiger partial charge in [0.1, 0.15) is 5.82 Å². The van der Waals surface area contributed by atoms with Gasteiger partial charge in [0, 0.05) is 54.8 Å². The molecule has 6 rings (SSSR count). The molecule has 0 radical (unpaired) electrons. The molecule has 40 heavy (non-hydrogen) atoms. The van der Waals surface area contributed by atoms with Crippen molar-refractivity contribution in [2.24, 2.45) is 11.8 Å².